The number of amides is 1. The molecule has 2 heterocycles. The normalized spacial score (nSPS) is 10.3. The van der Waals surface area contributed by atoms with E-state index in [0.717, 1.165) is 11.3 Å². The van der Waals surface area contributed by atoms with Crippen LogP contribution in [0.3, 0.4) is 0 Å². The third-order valence-electron chi connectivity index (χ3n) is 2.80. The van der Waals surface area contributed by atoms with Gasteiger partial charge in [-0.15, -0.1) is 0 Å². The second-order valence-corrected chi connectivity index (χ2v) is 4.57. The molecule has 0 aromatic carbocycles. The Balaban J connectivity index is 1.83. The van der Waals surface area contributed by atoms with Crippen molar-refractivity contribution in [2.75, 3.05) is 20.3 Å². The molecule has 0 atom stereocenters. The summed E-state index contributed by atoms with van der Waals surface area (Å²) in [5, 5.41) is 2.76. The van der Waals surface area contributed by atoms with Crippen LogP contribution in [0.5, 0.6) is 5.88 Å². The number of pyridine rings is 1. The molecule has 0 saturated heterocycles. The Labute approximate surface area is 128 Å². The highest BCUT2D eigenvalue weighted by Gasteiger charge is 2.07. The summed E-state index contributed by atoms with van der Waals surface area (Å²) in [4.78, 5) is 24.1. The SMILES string of the molecule is COCCOc1ccc(CNC(=O)c2cnc(C)cn2)cn1. The summed E-state index contributed by atoms with van der Waals surface area (Å²) >= 11 is 0. The summed E-state index contributed by atoms with van der Waals surface area (Å²) in [6, 6.07) is 3.60. The van der Waals surface area contributed by atoms with Crippen LogP contribution in [-0.4, -0.2) is 41.2 Å². The third-order valence-corrected chi connectivity index (χ3v) is 2.80. The molecule has 0 aliphatic heterocycles. The van der Waals surface area contributed by atoms with E-state index in [-0.39, 0.29) is 11.6 Å². The lowest BCUT2D eigenvalue weighted by Crippen LogP contribution is -2.24. The fraction of sp³-hybridized carbons (Fsp3) is 0.333. The minimum Gasteiger partial charge on any atom is -0.475 e. The van der Waals surface area contributed by atoms with Gasteiger partial charge < -0.3 is 14.8 Å². The number of rotatable bonds is 7. The largest absolute Gasteiger partial charge is 0.475 e. The van der Waals surface area contributed by atoms with Crippen molar-refractivity contribution in [3.8, 4) is 5.88 Å². The zero-order chi connectivity index (χ0) is 15.8. The minimum atomic E-state index is -0.270. The molecule has 2 rings (SSSR count). The van der Waals surface area contributed by atoms with Crippen LogP contribution >= 0.6 is 0 Å². The van der Waals surface area contributed by atoms with E-state index in [4.69, 9.17) is 9.47 Å². The van der Waals surface area contributed by atoms with E-state index in [1.54, 1.807) is 25.6 Å². The lowest BCUT2D eigenvalue weighted by atomic mass is 10.3. The number of ether oxygens (including phenoxy) is 2. The molecule has 7 nitrogen and oxygen atoms in total. The van der Waals surface area contributed by atoms with Gasteiger partial charge in [-0.05, 0) is 12.5 Å². The fourth-order valence-electron chi connectivity index (χ4n) is 1.61. The monoisotopic (exact) mass is 302 g/mol. The van der Waals surface area contributed by atoms with Crippen LogP contribution in [0.4, 0.5) is 0 Å². The molecular formula is C15H18N4O3. The fourth-order valence-corrected chi connectivity index (χ4v) is 1.61. The number of aromatic nitrogens is 3. The molecule has 1 N–H and O–H groups in total. The van der Waals surface area contributed by atoms with Gasteiger partial charge in [-0.2, -0.15) is 0 Å². The highest BCUT2D eigenvalue weighted by molar-refractivity contribution is 5.91. The minimum absolute atomic E-state index is 0.270. The molecule has 22 heavy (non-hydrogen) atoms. The summed E-state index contributed by atoms with van der Waals surface area (Å²) in [6.07, 6.45) is 4.67. The van der Waals surface area contributed by atoms with E-state index in [9.17, 15) is 4.79 Å². The Morgan fingerprint density at radius 1 is 1.14 bits per heavy atom. The molecule has 0 bridgehead atoms. The quantitative estimate of drug-likeness (QED) is 0.772. The van der Waals surface area contributed by atoms with Crippen LogP contribution in [0.1, 0.15) is 21.7 Å². The van der Waals surface area contributed by atoms with Crippen molar-refractivity contribution in [1.82, 2.24) is 20.3 Å². The first-order chi connectivity index (χ1) is 10.7. The molecule has 7 heteroatoms. The molecule has 0 saturated carbocycles. The molecule has 0 aliphatic rings. The first-order valence-corrected chi connectivity index (χ1v) is 6.82. The second kappa shape index (κ2) is 8.04. The second-order valence-electron chi connectivity index (χ2n) is 4.57. The van der Waals surface area contributed by atoms with Gasteiger partial charge in [0.05, 0.1) is 18.5 Å². The lowest BCUT2D eigenvalue weighted by molar-refractivity contribution is 0.0945. The Bertz CT molecular complexity index is 599. The Morgan fingerprint density at radius 2 is 2.00 bits per heavy atom. The van der Waals surface area contributed by atoms with Crippen LogP contribution < -0.4 is 10.1 Å². The molecule has 0 radical (unpaired) electrons. The van der Waals surface area contributed by atoms with E-state index in [0.29, 0.717) is 25.6 Å². The van der Waals surface area contributed by atoms with Crippen LogP contribution in [-0.2, 0) is 11.3 Å². The molecule has 0 spiro atoms. The van der Waals surface area contributed by atoms with Crippen molar-refractivity contribution in [3.63, 3.8) is 0 Å². The summed E-state index contributed by atoms with van der Waals surface area (Å²) in [7, 11) is 1.61. The smallest absolute Gasteiger partial charge is 0.271 e. The van der Waals surface area contributed by atoms with Crippen LogP contribution in [0.25, 0.3) is 0 Å². The number of carbonyl (C=O) groups excluding carboxylic acids is 1. The van der Waals surface area contributed by atoms with Gasteiger partial charge >= 0.3 is 0 Å². The number of nitrogens with zero attached hydrogens (tertiary/aromatic N) is 3. The van der Waals surface area contributed by atoms with Crippen molar-refractivity contribution in [2.45, 2.75) is 13.5 Å². The Morgan fingerprint density at radius 3 is 2.64 bits per heavy atom. The van der Waals surface area contributed by atoms with Crippen molar-refractivity contribution >= 4 is 5.91 Å². The summed E-state index contributed by atoms with van der Waals surface area (Å²) < 4.78 is 10.3. The average Bonchev–Trinajstić information content (AvgIpc) is 2.55. The van der Waals surface area contributed by atoms with Gasteiger partial charge in [0.1, 0.15) is 12.3 Å². The zero-order valence-electron chi connectivity index (χ0n) is 12.6. The summed E-state index contributed by atoms with van der Waals surface area (Å²) in [5.41, 5.74) is 1.93. The number of nitrogens with one attached hydrogen (secondary N) is 1. The maximum absolute atomic E-state index is 11.9. The van der Waals surface area contributed by atoms with E-state index in [1.165, 1.54) is 6.20 Å². The van der Waals surface area contributed by atoms with Gasteiger partial charge in [0.2, 0.25) is 5.88 Å². The Kier molecular flexibility index (Phi) is 5.79. The predicted molar refractivity (Wildman–Crippen MR) is 79.5 cm³/mol. The number of carbonyl (C=O) groups is 1. The van der Waals surface area contributed by atoms with Crippen molar-refractivity contribution < 1.29 is 14.3 Å². The highest BCUT2D eigenvalue weighted by atomic mass is 16.5. The maximum Gasteiger partial charge on any atom is 0.271 e. The van der Waals surface area contributed by atoms with Gasteiger partial charge in [0, 0.05) is 32.1 Å². The van der Waals surface area contributed by atoms with Crippen LogP contribution in [0.15, 0.2) is 30.7 Å². The van der Waals surface area contributed by atoms with Crippen LogP contribution in [0, 0.1) is 6.92 Å². The summed E-state index contributed by atoms with van der Waals surface area (Å²) in [5.74, 6) is 0.254. The maximum atomic E-state index is 11.9. The van der Waals surface area contributed by atoms with Gasteiger partial charge in [-0.25, -0.2) is 9.97 Å². The third kappa shape index (κ3) is 4.78. The van der Waals surface area contributed by atoms with E-state index in [2.05, 4.69) is 20.3 Å². The standard InChI is InChI=1S/C15H18N4O3/c1-11-7-17-13(10-16-11)15(20)19-9-12-3-4-14(18-8-12)22-6-5-21-2/h3-4,7-8,10H,5-6,9H2,1-2H3,(H,19,20). The van der Waals surface area contributed by atoms with E-state index < -0.39 is 0 Å². The van der Waals surface area contributed by atoms with Crippen molar-refractivity contribution in [3.05, 3.63) is 47.7 Å². The zero-order valence-corrected chi connectivity index (χ0v) is 12.6. The van der Waals surface area contributed by atoms with Gasteiger partial charge in [0.15, 0.2) is 0 Å². The number of methoxy groups -OCH3 is 1. The predicted octanol–water partition coefficient (Wildman–Crippen LogP) is 1.14. The van der Waals surface area contributed by atoms with Crippen molar-refractivity contribution in [2.24, 2.45) is 0 Å². The van der Waals surface area contributed by atoms with Crippen molar-refractivity contribution in [1.29, 1.82) is 0 Å². The molecule has 0 fully saturated rings. The molecule has 1 amide bonds. The van der Waals surface area contributed by atoms with Gasteiger partial charge in [0.25, 0.3) is 5.91 Å². The lowest BCUT2D eigenvalue weighted by Gasteiger charge is -2.07. The number of hydrogen-bond donors (Lipinski definition) is 1. The molecule has 116 valence electrons. The first-order valence-electron chi connectivity index (χ1n) is 6.82. The number of hydrogen-bond acceptors (Lipinski definition) is 6. The topological polar surface area (TPSA) is 86.2 Å². The molecule has 0 aliphatic carbocycles. The molecular weight excluding hydrogens is 284 g/mol. The molecule has 2 aromatic rings. The highest BCUT2D eigenvalue weighted by Crippen LogP contribution is 2.07. The molecule has 2 aromatic heterocycles. The van der Waals surface area contributed by atoms with Gasteiger partial charge in [-0.1, -0.05) is 6.07 Å². The van der Waals surface area contributed by atoms with Gasteiger partial charge in [-0.3, -0.25) is 9.78 Å². The average molecular weight is 302 g/mol. The van der Waals surface area contributed by atoms with Crippen LogP contribution in [0.2, 0.25) is 0 Å². The number of aryl methyl sites for hydroxylation is 1. The first kappa shape index (κ1) is 15.8. The molecule has 0 unspecified atom stereocenters. The van der Waals surface area contributed by atoms with E-state index >= 15 is 0 Å². The van der Waals surface area contributed by atoms with E-state index in [1.807, 2.05) is 13.0 Å². The summed E-state index contributed by atoms with van der Waals surface area (Å²) in [6.45, 7) is 3.14. The Hall–Kier alpha value is -2.54.